The van der Waals surface area contributed by atoms with Gasteiger partial charge in [-0.1, -0.05) is 36.4 Å². The minimum atomic E-state index is -0.434. The van der Waals surface area contributed by atoms with Crippen molar-refractivity contribution in [2.75, 3.05) is 19.6 Å². The summed E-state index contributed by atoms with van der Waals surface area (Å²) in [7, 11) is 0. The first-order valence-electron chi connectivity index (χ1n) is 10.7. The maximum atomic E-state index is 12.7. The molecule has 0 saturated heterocycles. The molecule has 5 rings (SSSR count). The summed E-state index contributed by atoms with van der Waals surface area (Å²) in [5, 5.41) is 2.90. The van der Waals surface area contributed by atoms with Gasteiger partial charge >= 0.3 is 0 Å². The van der Waals surface area contributed by atoms with Gasteiger partial charge in [-0.15, -0.1) is 0 Å². The summed E-state index contributed by atoms with van der Waals surface area (Å²) in [6, 6.07) is 18.6. The van der Waals surface area contributed by atoms with E-state index in [0.717, 1.165) is 30.2 Å². The van der Waals surface area contributed by atoms with E-state index in [4.69, 9.17) is 4.42 Å². The first kappa shape index (κ1) is 20.2. The molecule has 0 spiro atoms. The summed E-state index contributed by atoms with van der Waals surface area (Å²) in [5.41, 5.74) is 3.29. The van der Waals surface area contributed by atoms with E-state index in [1.165, 1.54) is 11.1 Å². The third-order valence-electron chi connectivity index (χ3n) is 6.15. The highest BCUT2D eigenvalue weighted by molar-refractivity contribution is 6.22. The maximum absolute atomic E-state index is 12.7. The van der Waals surface area contributed by atoms with Gasteiger partial charge in [0.25, 0.3) is 11.8 Å². The van der Waals surface area contributed by atoms with Gasteiger partial charge in [-0.05, 0) is 41.8 Å². The zero-order chi connectivity index (χ0) is 22.1. The molecule has 0 saturated carbocycles. The molecule has 7 heteroatoms. The summed E-state index contributed by atoms with van der Waals surface area (Å²) in [6.45, 7) is 1.62. The highest BCUT2D eigenvalue weighted by atomic mass is 16.3. The molecule has 1 N–H and O–H groups in total. The largest absolute Gasteiger partial charge is 0.468 e. The SMILES string of the molecule is O=C(CN1C(=O)c2ccccc2C1=O)NCC(c1ccco1)N1CCc2ccccc2C1. The quantitative estimate of drug-likeness (QED) is 0.610. The Labute approximate surface area is 185 Å². The monoisotopic (exact) mass is 429 g/mol. The third-order valence-corrected chi connectivity index (χ3v) is 6.15. The second kappa shape index (κ2) is 8.43. The van der Waals surface area contributed by atoms with Crippen LogP contribution in [-0.4, -0.2) is 47.2 Å². The summed E-state index contributed by atoms with van der Waals surface area (Å²) in [6.07, 6.45) is 2.55. The van der Waals surface area contributed by atoms with Crippen LogP contribution in [0, 0.1) is 0 Å². The fourth-order valence-corrected chi connectivity index (χ4v) is 4.47. The number of hydrogen-bond donors (Lipinski definition) is 1. The standard InChI is InChI=1S/C25H23N3O4/c29-23(16-28-24(30)19-8-3-4-9-20(19)25(28)31)26-14-21(22-10-5-13-32-22)27-12-11-17-6-1-2-7-18(17)15-27/h1-10,13,21H,11-12,14-16H2,(H,26,29). The number of rotatable bonds is 6. The van der Waals surface area contributed by atoms with Gasteiger partial charge in [0.1, 0.15) is 12.3 Å². The first-order chi connectivity index (χ1) is 15.6. The molecule has 3 amide bonds. The first-order valence-corrected chi connectivity index (χ1v) is 10.7. The van der Waals surface area contributed by atoms with Gasteiger partial charge in [0.2, 0.25) is 5.91 Å². The summed E-state index contributed by atoms with van der Waals surface area (Å²) in [5.74, 6) is -0.481. The van der Waals surface area contributed by atoms with Crippen LogP contribution >= 0.6 is 0 Å². The van der Waals surface area contributed by atoms with E-state index in [1.54, 1.807) is 30.5 Å². The van der Waals surface area contributed by atoms with Crippen molar-refractivity contribution < 1.29 is 18.8 Å². The predicted molar refractivity (Wildman–Crippen MR) is 117 cm³/mol. The molecular weight excluding hydrogens is 406 g/mol. The molecule has 3 aromatic rings. The summed E-state index contributed by atoms with van der Waals surface area (Å²) in [4.78, 5) is 41.0. The van der Waals surface area contributed by atoms with E-state index in [-0.39, 0.29) is 18.5 Å². The molecule has 162 valence electrons. The van der Waals surface area contributed by atoms with Crippen LogP contribution in [0.1, 0.15) is 43.6 Å². The average molecular weight is 429 g/mol. The fraction of sp³-hybridized carbons (Fsp3) is 0.240. The molecule has 0 radical (unpaired) electrons. The number of fused-ring (bicyclic) bond motifs is 2. The Morgan fingerprint density at radius 3 is 2.31 bits per heavy atom. The number of furan rings is 1. The molecule has 2 aliphatic rings. The number of carbonyl (C=O) groups excluding carboxylic acids is 3. The normalized spacial score (nSPS) is 16.6. The van der Waals surface area contributed by atoms with Crippen LogP contribution in [0.4, 0.5) is 0 Å². The number of carbonyl (C=O) groups is 3. The van der Waals surface area contributed by atoms with E-state index < -0.39 is 11.8 Å². The highest BCUT2D eigenvalue weighted by Gasteiger charge is 2.36. The van der Waals surface area contributed by atoms with E-state index in [9.17, 15) is 14.4 Å². The number of benzene rings is 2. The van der Waals surface area contributed by atoms with Crippen molar-refractivity contribution >= 4 is 17.7 Å². The topological polar surface area (TPSA) is 82.9 Å². The fourth-order valence-electron chi connectivity index (χ4n) is 4.47. The number of hydrogen-bond acceptors (Lipinski definition) is 5. The molecule has 1 aromatic heterocycles. The Bertz CT molecular complexity index is 1140. The lowest BCUT2D eigenvalue weighted by Crippen LogP contribution is -2.44. The van der Waals surface area contributed by atoms with Crippen LogP contribution < -0.4 is 5.32 Å². The van der Waals surface area contributed by atoms with E-state index in [1.807, 2.05) is 18.2 Å². The zero-order valence-corrected chi connectivity index (χ0v) is 17.5. The molecular formula is C25H23N3O4. The smallest absolute Gasteiger partial charge is 0.262 e. The maximum Gasteiger partial charge on any atom is 0.262 e. The van der Waals surface area contributed by atoms with Crippen LogP contribution in [-0.2, 0) is 17.8 Å². The number of imide groups is 1. The van der Waals surface area contributed by atoms with Gasteiger partial charge < -0.3 is 9.73 Å². The van der Waals surface area contributed by atoms with Crippen LogP contribution in [0.3, 0.4) is 0 Å². The van der Waals surface area contributed by atoms with Crippen molar-refractivity contribution in [1.29, 1.82) is 0 Å². The third kappa shape index (κ3) is 3.71. The zero-order valence-electron chi connectivity index (χ0n) is 17.5. The molecule has 0 aliphatic carbocycles. The van der Waals surface area contributed by atoms with Gasteiger partial charge in [-0.2, -0.15) is 0 Å². The second-order valence-corrected chi connectivity index (χ2v) is 8.07. The van der Waals surface area contributed by atoms with Crippen LogP contribution in [0.15, 0.2) is 71.3 Å². The molecule has 1 atom stereocenters. The van der Waals surface area contributed by atoms with Crippen molar-refractivity contribution in [3.05, 3.63) is 94.9 Å². The lowest BCUT2D eigenvalue weighted by atomic mass is 9.98. The van der Waals surface area contributed by atoms with Crippen LogP contribution in [0.25, 0.3) is 0 Å². The number of amides is 3. The van der Waals surface area contributed by atoms with Crippen molar-refractivity contribution in [3.8, 4) is 0 Å². The molecule has 1 unspecified atom stereocenters. The second-order valence-electron chi connectivity index (χ2n) is 8.07. The highest BCUT2D eigenvalue weighted by Crippen LogP contribution is 2.28. The number of nitrogens with zero attached hydrogens (tertiary/aromatic N) is 2. The van der Waals surface area contributed by atoms with Crippen molar-refractivity contribution in [2.45, 2.75) is 19.0 Å². The Balaban J connectivity index is 1.26. The minimum absolute atomic E-state index is 0.149. The summed E-state index contributed by atoms with van der Waals surface area (Å²) < 4.78 is 5.67. The van der Waals surface area contributed by atoms with Crippen molar-refractivity contribution in [3.63, 3.8) is 0 Å². The van der Waals surface area contributed by atoms with Gasteiger partial charge in [-0.3, -0.25) is 24.2 Å². The van der Waals surface area contributed by atoms with E-state index in [0.29, 0.717) is 17.7 Å². The predicted octanol–water partition coefficient (Wildman–Crippen LogP) is 2.79. The minimum Gasteiger partial charge on any atom is -0.468 e. The van der Waals surface area contributed by atoms with Gasteiger partial charge in [0, 0.05) is 19.6 Å². The van der Waals surface area contributed by atoms with Crippen molar-refractivity contribution in [2.24, 2.45) is 0 Å². The molecule has 7 nitrogen and oxygen atoms in total. The van der Waals surface area contributed by atoms with E-state index in [2.05, 4.69) is 28.4 Å². The molecule has 32 heavy (non-hydrogen) atoms. The Hall–Kier alpha value is -3.71. The van der Waals surface area contributed by atoms with Crippen LogP contribution in [0.2, 0.25) is 0 Å². The van der Waals surface area contributed by atoms with Crippen LogP contribution in [0.5, 0.6) is 0 Å². The van der Waals surface area contributed by atoms with Gasteiger partial charge in [0.05, 0.1) is 23.4 Å². The molecule has 0 bridgehead atoms. The summed E-state index contributed by atoms with van der Waals surface area (Å²) >= 11 is 0. The lowest BCUT2D eigenvalue weighted by molar-refractivity contribution is -0.121. The van der Waals surface area contributed by atoms with E-state index >= 15 is 0 Å². The van der Waals surface area contributed by atoms with Gasteiger partial charge in [0.15, 0.2) is 0 Å². The molecule has 2 aromatic carbocycles. The van der Waals surface area contributed by atoms with Crippen molar-refractivity contribution in [1.82, 2.24) is 15.1 Å². The van der Waals surface area contributed by atoms with Gasteiger partial charge in [-0.25, -0.2) is 0 Å². The Morgan fingerprint density at radius 2 is 1.62 bits per heavy atom. The molecule has 0 fully saturated rings. The molecule has 2 aliphatic heterocycles. The average Bonchev–Trinajstić information content (AvgIpc) is 3.43. The Kier molecular flexibility index (Phi) is 5.33. The molecule has 3 heterocycles. The lowest BCUT2D eigenvalue weighted by Gasteiger charge is -2.34. The number of nitrogens with one attached hydrogen (secondary N) is 1. The Morgan fingerprint density at radius 1 is 0.938 bits per heavy atom.